The zero-order valence-electron chi connectivity index (χ0n) is 8.49. The fourth-order valence-corrected chi connectivity index (χ4v) is 1.58. The van der Waals surface area contributed by atoms with Crippen LogP contribution in [0.1, 0.15) is 0 Å². The largest absolute Gasteiger partial charge is 0.398 e. The lowest BCUT2D eigenvalue weighted by Crippen LogP contribution is -2.08. The maximum Gasteiger partial charge on any atom is 0.0414 e. The molecule has 0 spiro atoms. The quantitative estimate of drug-likeness (QED) is 0.693. The molecule has 0 unspecified atom stereocenters. The second-order valence-electron chi connectivity index (χ2n) is 3.65. The lowest BCUT2D eigenvalue weighted by atomic mass is 10.1. The number of nitrogens with zero attached hydrogens (tertiary/aromatic N) is 1. The molecule has 0 bridgehead atoms. The molecular weight excluding hydrogens is 172 g/mol. The molecule has 0 aliphatic heterocycles. The van der Waals surface area contributed by atoms with Gasteiger partial charge in [0.1, 0.15) is 0 Å². The summed E-state index contributed by atoms with van der Waals surface area (Å²) >= 11 is 0. The van der Waals surface area contributed by atoms with Crippen molar-refractivity contribution in [2.24, 2.45) is 0 Å². The van der Waals surface area contributed by atoms with Gasteiger partial charge in [-0.15, -0.1) is 0 Å². The Morgan fingerprint density at radius 1 is 1.07 bits per heavy atom. The van der Waals surface area contributed by atoms with Crippen LogP contribution in [-0.2, 0) is 0 Å². The SMILES string of the molecule is CN(C)c1cc(N)c2ccccc2c1. The first-order valence-electron chi connectivity index (χ1n) is 4.64. The first-order chi connectivity index (χ1) is 6.68. The highest BCUT2D eigenvalue weighted by Gasteiger charge is 2.01. The highest BCUT2D eigenvalue weighted by Crippen LogP contribution is 2.26. The number of rotatable bonds is 1. The Bertz CT molecular complexity index is 461. The summed E-state index contributed by atoms with van der Waals surface area (Å²) in [5.41, 5.74) is 7.95. The van der Waals surface area contributed by atoms with Crippen molar-refractivity contribution < 1.29 is 0 Å². The molecule has 0 saturated heterocycles. The molecule has 0 amide bonds. The van der Waals surface area contributed by atoms with Crippen LogP contribution in [-0.4, -0.2) is 14.1 Å². The summed E-state index contributed by atoms with van der Waals surface area (Å²) in [5, 5.41) is 2.31. The van der Waals surface area contributed by atoms with E-state index in [2.05, 4.69) is 17.0 Å². The van der Waals surface area contributed by atoms with Gasteiger partial charge in [0.05, 0.1) is 0 Å². The van der Waals surface area contributed by atoms with Gasteiger partial charge in [0, 0.05) is 30.9 Å². The summed E-state index contributed by atoms with van der Waals surface area (Å²) < 4.78 is 0. The number of anilines is 2. The maximum absolute atomic E-state index is 5.97. The predicted molar refractivity (Wildman–Crippen MR) is 62.7 cm³/mol. The van der Waals surface area contributed by atoms with E-state index in [1.165, 1.54) is 5.39 Å². The molecule has 0 radical (unpaired) electrons. The van der Waals surface area contributed by atoms with Crippen molar-refractivity contribution in [2.75, 3.05) is 24.7 Å². The molecule has 2 N–H and O–H groups in total. The lowest BCUT2D eigenvalue weighted by molar-refractivity contribution is 1.14. The maximum atomic E-state index is 5.97. The van der Waals surface area contributed by atoms with E-state index in [1.54, 1.807) is 0 Å². The van der Waals surface area contributed by atoms with Gasteiger partial charge in [-0.3, -0.25) is 0 Å². The van der Waals surface area contributed by atoms with E-state index < -0.39 is 0 Å². The van der Waals surface area contributed by atoms with Crippen molar-refractivity contribution in [1.29, 1.82) is 0 Å². The van der Waals surface area contributed by atoms with Crippen LogP contribution in [0.15, 0.2) is 36.4 Å². The summed E-state index contributed by atoms with van der Waals surface area (Å²) in [7, 11) is 4.03. The number of nitrogens with two attached hydrogens (primary N) is 1. The van der Waals surface area contributed by atoms with Crippen LogP contribution in [0.5, 0.6) is 0 Å². The molecule has 72 valence electrons. The molecule has 2 nitrogen and oxygen atoms in total. The third kappa shape index (κ3) is 1.39. The predicted octanol–water partition coefficient (Wildman–Crippen LogP) is 2.49. The summed E-state index contributed by atoms with van der Waals surface area (Å²) in [6, 6.07) is 12.3. The first kappa shape index (κ1) is 8.88. The molecule has 2 heteroatoms. The summed E-state index contributed by atoms with van der Waals surface area (Å²) in [6.45, 7) is 0. The Morgan fingerprint density at radius 2 is 1.79 bits per heavy atom. The number of benzene rings is 2. The monoisotopic (exact) mass is 186 g/mol. The van der Waals surface area contributed by atoms with E-state index in [9.17, 15) is 0 Å². The van der Waals surface area contributed by atoms with Gasteiger partial charge in [-0.2, -0.15) is 0 Å². The number of nitrogen functional groups attached to an aromatic ring is 1. The van der Waals surface area contributed by atoms with Gasteiger partial charge in [-0.1, -0.05) is 24.3 Å². The zero-order valence-corrected chi connectivity index (χ0v) is 8.49. The standard InChI is InChI=1S/C12H14N2/c1-14(2)10-7-9-5-3-4-6-11(9)12(13)8-10/h3-8H,13H2,1-2H3. The molecule has 2 rings (SSSR count). The molecule has 0 aliphatic rings. The highest BCUT2D eigenvalue weighted by molar-refractivity contribution is 5.95. The first-order valence-corrected chi connectivity index (χ1v) is 4.64. The summed E-state index contributed by atoms with van der Waals surface area (Å²) in [4.78, 5) is 2.06. The van der Waals surface area contributed by atoms with E-state index >= 15 is 0 Å². The van der Waals surface area contributed by atoms with Crippen molar-refractivity contribution in [3.63, 3.8) is 0 Å². The van der Waals surface area contributed by atoms with Crippen molar-refractivity contribution in [1.82, 2.24) is 0 Å². The topological polar surface area (TPSA) is 29.3 Å². The summed E-state index contributed by atoms with van der Waals surface area (Å²) in [6.07, 6.45) is 0. The fraction of sp³-hybridized carbons (Fsp3) is 0.167. The Hall–Kier alpha value is -1.70. The minimum absolute atomic E-state index is 0.840. The van der Waals surface area contributed by atoms with Crippen LogP contribution in [0.4, 0.5) is 11.4 Å². The van der Waals surface area contributed by atoms with Crippen LogP contribution < -0.4 is 10.6 Å². The molecule has 14 heavy (non-hydrogen) atoms. The molecule has 2 aromatic rings. The van der Waals surface area contributed by atoms with E-state index in [0.717, 1.165) is 16.8 Å². The van der Waals surface area contributed by atoms with Gasteiger partial charge in [0.15, 0.2) is 0 Å². The van der Waals surface area contributed by atoms with Gasteiger partial charge >= 0.3 is 0 Å². The molecule has 0 aromatic heterocycles. The van der Waals surface area contributed by atoms with E-state index in [1.807, 2.05) is 38.4 Å². The Balaban J connectivity index is 2.72. The normalized spacial score (nSPS) is 10.4. The Labute approximate surface area is 83.9 Å². The Morgan fingerprint density at radius 3 is 2.50 bits per heavy atom. The molecule has 0 heterocycles. The van der Waals surface area contributed by atoms with Gasteiger partial charge in [-0.05, 0) is 17.5 Å². The second kappa shape index (κ2) is 3.22. The average Bonchev–Trinajstić information content (AvgIpc) is 2.17. The zero-order chi connectivity index (χ0) is 10.1. The lowest BCUT2D eigenvalue weighted by Gasteiger charge is -2.14. The van der Waals surface area contributed by atoms with Crippen LogP contribution in [0.3, 0.4) is 0 Å². The van der Waals surface area contributed by atoms with Crippen LogP contribution in [0.2, 0.25) is 0 Å². The second-order valence-corrected chi connectivity index (χ2v) is 3.65. The molecule has 2 aromatic carbocycles. The van der Waals surface area contributed by atoms with Crippen molar-refractivity contribution >= 4 is 22.1 Å². The highest BCUT2D eigenvalue weighted by atomic mass is 15.1. The minimum Gasteiger partial charge on any atom is -0.398 e. The van der Waals surface area contributed by atoms with Gasteiger partial charge < -0.3 is 10.6 Å². The number of hydrogen-bond acceptors (Lipinski definition) is 2. The smallest absolute Gasteiger partial charge is 0.0414 e. The van der Waals surface area contributed by atoms with Gasteiger partial charge in [-0.25, -0.2) is 0 Å². The number of hydrogen-bond donors (Lipinski definition) is 1. The third-order valence-electron chi connectivity index (χ3n) is 2.39. The number of fused-ring (bicyclic) bond motifs is 1. The van der Waals surface area contributed by atoms with Crippen molar-refractivity contribution in [3.05, 3.63) is 36.4 Å². The molecule has 0 atom stereocenters. The van der Waals surface area contributed by atoms with E-state index in [-0.39, 0.29) is 0 Å². The average molecular weight is 186 g/mol. The van der Waals surface area contributed by atoms with Crippen molar-refractivity contribution in [2.45, 2.75) is 0 Å². The van der Waals surface area contributed by atoms with E-state index in [0.29, 0.717) is 0 Å². The molecule has 0 fully saturated rings. The molecule has 0 saturated carbocycles. The van der Waals surface area contributed by atoms with Crippen molar-refractivity contribution in [3.8, 4) is 0 Å². The van der Waals surface area contributed by atoms with E-state index in [4.69, 9.17) is 5.73 Å². The van der Waals surface area contributed by atoms with Crippen LogP contribution >= 0.6 is 0 Å². The fourth-order valence-electron chi connectivity index (χ4n) is 1.58. The third-order valence-corrected chi connectivity index (χ3v) is 2.39. The summed E-state index contributed by atoms with van der Waals surface area (Å²) in [5.74, 6) is 0. The van der Waals surface area contributed by atoms with Gasteiger partial charge in [0.25, 0.3) is 0 Å². The molecular formula is C12H14N2. The molecule has 0 aliphatic carbocycles. The van der Waals surface area contributed by atoms with Crippen LogP contribution in [0.25, 0.3) is 10.8 Å². The van der Waals surface area contributed by atoms with Crippen LogP contribution in [0, 0.1) is 0 Å². The minimum atomic E-state index is 0.840. The Kier molecular flexibility index (Phi) is 2.04. The van der Waals surface area contributed by atoms with Gasteiger partial charge in [0.2, 0.25) is 0 Å².